The maximum absolute atomic E-state index is 12.9. The van der Waals surface area contributed by atoms with Crippen molar-refractivity contribution in [3.05, 3.63) is 65.7 Å². The molecule has 0 spiro atoms. The zero-order valence-corrected chi connectivity index (χ0v) is 16.1. The van der Waals surface area contributed by atoms with Gasteiger partial charge in [0.25, 0.3) is 0 Å². The maximum Gasteiger partial charge on any atom is 0.219 e. The van der Waals surface area contributed by atoms with Crippen molar-refractivity contribution >= 4 is 15.7 Å². The molecular formula is C19H25N3O3S. The van der Waals surface area contributed by atoms with Gasteiger partial charge in [0, 0.05) is 33.4 Å². The van der Waals surface area contributed by atoms with E-state index in [1.807, 2.05) is 73.6 Å². The van der Waals surface area contributed by atoms with Crippen LogP contribution in [0.25, 0.3) is 0 Å². The van der Waals surface area contributed by atoms with Gasteiger partial charge in [-0.2, -0.15) is 5.06 Å². The quantitative estimate of drug-likeness (QED) is 0.838. The number of hydrogen-bond acceptors (Lipinski definition) is 5. The molecule has 1 N–H and O–H groups in total. The molecule has 1 heterocycles. The van der Waals surface area contributed by atoms with Gasteiger partial charge in [-0.3, -0.25) is 4.84 Å². The van der Waals surface area contributed by atoms with E-state index in [2.05, 4.69) is 4.72 Å². The molecule has 2 atom stereocenters. The second kappa shape index (κ2) is 7.75. The second-order valence-electron chi connectivity index (χ2n) is 6.66. The summed E-state index contributed by atoms with van der Waals surface area (Å²) in [6.07, 6.45) is 0. The van der Waals surface area contributed by atoms with E-state index in [1.54, 1.807) is 12.1 Å². The minimum atomic E-state index is -3.54. The fourth-order valence-electron chi connectivity index (χ4n) is 3.14. The molecule has 0 aliphatic carbocycles. The molecule has 0 unspecified atom stereocenters. The van der Waals surface area contributed by atoms with Gasteiger partial charge < -0.3 is 4.90 Å². The van der Waals surface area contributed by atoms with Gasteiger partial charge in [-0.05, 0) is 23.3 Å². The fraction of sp³-hybridized carbons (Fsp3) is 0.368. The van der Waals surface area contributed by atoms with E-state index in [0.29, 0.717) is 0 Å². The van der Waals surface area contributed by atoms with Gasteiger partial charge in [0.15, 0.2) is 0 Å². The van der Waals surface area contributed by atoms with E-state index >= 15 is 0 Å². The number of rotatable bonds is 6. The summed E-state index contributed by atoms with van der Waals surface area (Å²) >= 11 is 0. The average Bonchev–Trinajstić information content (AvgIpc) is 3.03. The predicted octanol–water partition coefficient (Wildman–Crippen LogP) is 2.16. The third kappa shape index (κ3) is 4.07. The Hall–Kier alpha value is -1.93. The molecule has 0 bridgehead atoms. The number of hydroxylamine groups is 2. The normalized spacial score (nSPS) is 21.0. The molecule has 0 aromatic heterocycles. The van der Waals surface area contributed by atoms with Gasteiger partial charge >= 0.3 is 0 Å². The van der Waals surface area contributed by atoms with Crippen LogP contribution in [0.4, 0.5) is 5.69 Å². The summed E-state index contributed by atoms with van der Waals surface area (Å²) < 4.78 is 28.5. The predicted molar refractivity (Wildman–Crippen MR) is 103 cm³/mol. The van der Waals surface area contributed by atoms with E-state index in [0.717, 1.165) is 16.8 Å². The Labute approximate surface area is 155 Å². The summed E-state index contributed by atoms with van der Waals surface area (Å²) in [4.78, 5) is 7.56. The van der Waals surface area contributed by atoms with E-state index in [4.69, 9.17) is 4.84 Å². The van der Waals surface area contributed by atoms with Crippen molar-refractivity contribution in [3.63, 3.8) is 0 Å². The lowest BCUT2D eigenvalue weighted by atomic mass is 10.0. The van der Waals surface area contributed by atoms with Crippen LogP contribution in [0.15, 0.2) is 54.6 Å². The van der Waals surface area contributed by atoms with Crippen LogP contribution in [0.3, 0.4) is 0 Å². The fourth-order valence-corrected chi connectivity index (χ4v) is 4.63. The van der Waals surface area contributed by atoms with Crippen molar-refractivity contribution in [1.29, 1.82) is 0 Å². The van der Waals surface area contributed by atoms with Crippen LogP contribution in [0.1, 0.15) is 17.2 Å². The molecule has 1 saturated heterocycles. The highest BCUT2D eigenvalue weighted by atomic mass is 32.2. The molecule has 0 radical (unpaired) electrons. The summed E-state index contributed by atoms with van der Waals surface area (Å²) in [7, 11) is 2.18. The molecule has 26 heavy (non-hydrogen) atoms. The third-order valence-corrected chi connectivity index (χ3v) is 6.39. The molecule has 3 rings (SSSR count). The van der Waals surface area contributed by atoms with Crippen molar-refractivity contribution in [2.45, 2.75) is 17.8 Å². The van der Waals surface area contributed by atoms with E-state index in [-0.39, 0.29) is 19.2 Å². The van der Waals surface area contributed by atoms with Crippen molar-refractivity contribution in [2.24, 2.45) is 0 Å². The lowest BCUT2D eigenvalue weighted by Crippen LogP contribution is -2.39. The Kier molecular flexibility index (Phi) is 5.62. The van der Waals surface area contributed by atoms with Crippen molar-refractivity contribution in [1.82, 2.24) is 9.79 Å². The van der Waals surface area contributed by atoms with Crippen molar-refractivity contribution in [3.8, 4) is 0 Å². The van der Waals surface area contributed by atoms with Gasteiger partial charge in [-0.1, -0.05) is 42.5 Å². The Morgan fingerprint density at radius 3 is 2.38 bits per heavy atom. The first-order chi connectivity index (χ1) is 12.4. The minimum absolute atomic E-state index is 0.140. The molecule has 2 aromatic carbocycles. The van der Waals surface area contributed by atoms with Gasteiger partial charge in [0.1, 0.15) is 5.25 Å². The van der Waals surface area contributed by atoms with Crippen LogP contribution in [0.5, 0.6) is 0 Å². The molecule has 2 aromatic rings. The second-order valence-corrected chi connectivity index (χ2v) is 8.65. The van der Waals surface area contributed by atoms with Gasteiger partial charge in [0.05, 0.1) is 12.6 Å². The van der Waals surface area contributed by atoms with Crippen molar-refractivity contribution < 1.29 is 13.3 Å². The van der Waals surface area contributed by atoms with Gasteiger partial charge in [-0.25, -0.2) is 13.1 Å². The molecule has 1 fully saturated rings. The van der Waals surface area contributed by atoms with E-state index < -0.39 is 15.3 Å². The number of sulfonamides is 1. The first-order valence-corrected chi connectivity index (χ1v) is 10.1. The summed E-state index contributed by atoms with van der Waals surface area (Å²) in [5.74, 6) is 0. The monoisotopic (exact) mass is 375 g/mol. The molecule has 0 saturated carbocycles. The van der Waals surface area contributed by atoms with Crippen LogP contribution in [0, 0.1) is 0 Å². The number of nitrogens with zero attached hydrogens (tertiary/aromatic N) is 2. The van der Waals surface area contributed by atoms with Gasteiger partial charge in [-0.15, -0.1) is 0 Å². The van der Waals surface area contributed by atoms with Crippen LogP contribution >= 0.6 is 0 Å². The van der Waals surface area contributed by atoms with Crippen LogP contribution < -0.4 is 9.62 Å². The lowest BCUT2D eigenvalue weighted by Gasteiger charge is -2.24. The first kappa shape index (κ1) is 18.8. The summed E-state index contributed by atoms with van der Waals surface area (Å²) in [6.45, 7) is 0.413. The topological polar surface area (TPSA) is 61.9 Å². The van der Waals surface area contributed by atoms with Gasteiger partial charge in [0.2, 0.25) is 10.0 Å². The molecular weight excluding hydrogens is 350 g/mol. The van der Waals surface area contributed by atoms with Crippen LogP contribution in [-0.2, 0) is 21.4 Å². The van der Waals surface area contributed by atoms with Crippen LogP contribution in [0.2, 0.25) is 0 Å². The highest BCUT2D eigenvalue weighted by Crippen LogP contribution is 2.34. The molecule has 7 heteroatoms. The number of nitrogens with one attached hydrogen (secondary N) is 1. The van der Waals surface area contributed by atoms with Crippen molar-refractivity contribution in [2.75, 3.05) is 32.6 Å². The number of anilines is 1. The summed E-state index contributed by atoms with van der Waals surface area (Å²) in [5.41, 5.74) is 2.91. The molecule has 0 amide bonds. The number of benzene rings is 2. The molecule has 1 aliphatic heterocycles. The van der Waals surface area contributed by atoms with E-state index in [9.17, 15) is 8.42 Å². The first-order valence-electron chi connectivity index (χ1n) is 8.54. The maximum atomic E-state index is 12.9. The Bertz CT molecular complexity index is 823. The highest BCUT2D eigenvalue weighted by molar-refractivity contribution is 7.90. The standard InChI is InChI=1S/C19H25N3O3S/c1-21(2)17-11-9-16(10-12-17)19-18(14-25-22(19)3)26(23,24)20-13-15-7-5-4-6-8-15/h4-12,18-20H,13-14H2,1-3H3/t18-,19+/m1/s1. The molecule has 6 nitrogen and oxygen atoms in total. The Morgan fingerprint density at radius 1 is 1.12 bits per heavy atom. The molecule has 140 valence electrons. The zero-order chi connectivity index (χ0) is 18.7. The zero-order valence-electron chi connectivity index (χ0n) is 15.3. The smallest absolute Gasteiger partial charge is 0.219 e. The molecule has 1 aliphatic rings. The average molecular weight is 375 g/mol. The summed E-state index contributed by atoms with van der Waals surface area (Å²) in [6, 6.07) is 17.1. The summed E-state index contributed by atoms with van der Waals surface area (Å²) in [5, 5.41) is 0.971. The van der Waals surface area contributed by atoms with E-state index in [1.165, 1.54) is 0 Å². The SMILES string of the molecule is CN(C)c1ccc([C@H]2[C@H](S(=O)(=O)NCc3ccccc3)CON2C)cc1. The van der Waals surface area contributed by atoms with Crippen LogP contribution in [-0.4, -0.2) is 46.5 Å². The highest BCUT2D eigenvalue weighted by Gasteiger charge is 2.43. The largest absolute Gasteiger partial charge is 0.378 e. The lowest BCUT2D eigenvalue weighted by molar-refractivity contribution is -0.110. The number of hydrogen-bond donors (Lipinski definition) is 1. The third-order valence-electron chi connectivity index (χ3n) is 4.66. The Morgan fingerprint density at radius 2 is 1.77 bits per heavy atom. The minimum Gasteiger partial charge on any atom is -0.378 e. The Balaban J connectivity index is 1.78.